The summed E-state index contributed by atoms with van der Waals surface area (Å²) < 4.78 is 21.9. The van der Waals surface area contributed by atoms with Crippen molar-refractivity contribution in [1.82, 2.24) is 0 Å². The maximum absolute atomic E-state index is 11.9. The molecule has 2 rings (SSSR count). The van der Waals surface area contributed by atoms with Gasteiger partial charge in [0.1, 0.15) is 18.3 Å². The van der Waals surface area contributed by atoms with E-state index in [1.54, 1.807) is 13.8 Å². The molecule has 1 aromatic carbocycles. The zero-order valence-electron chi connectivity index (χ0n) is 15.7. The summed E-state index contributed by atoms with van der Waals surface area (Å²) >= 11 is 0. The molecule has 7 heteroatoms. The van der Waals surface area contributed by atoms with E-state index < -0.39 is 36.7 Å². The van der Waals surface area contributed by atoms with Crippen LogP contribution in [0.1, 0.15) is 19.4 Å². The van der Waals surface area contributed by atoms with E-state index in [1.165, 1.54) is 6.08 Å². The van der Waals surface area contributed by atoms with Gasteiger partial charge in [0.05, 0.1) is 25.7 Å². The van der Waals surface area contributed by atoms with Crippen molar-refractivity contribution in [3.63, 3.8) is 0 Å². The molecule has 1 aliphatic heterocycles. The summed E-state index contributed by atoms with van der Waals surface area (Å²) in [4.78, 5) is 11.9. The third kappa shape index (κ3) is 6.12. The Bertz CT molecular complexity index is 589. The smallest absolute Gasteiger partial charge is 0.308 e. The van der Waals surface area contributed by atoms with Gasteiger partial charge in [-0.15, -0.1) is 6.58 Å². The molecular formula is C20H28O7. The normalized spacial score (nSPS) is 28.1. The quantitative estimate of drug-likeness (QED) is 0.494. The zero-order chi connectivity index (χ0) is 19.8. The lowest BCUT2D eigenvalue weighted by Crippen LogP contribution is -2.61. The number of hydrogen-bond donors (Lipinski definition) is 2. The lowest BCUT2D eigenvalue weighted by atomic mass is 9.98. The summed E-state index contributed by atoms with van der Waals surface area (Å²) in [5.41, 5.74) is 0.978. The molecule has 7 nitrogen and oxygen atoms in total. The van der Waals surface area contributed by atoms with Crippen LogP contribution in [0.25, 0.3) is 0 Å². The summed E-state index contributed by atoms with van der Waals surface area (Å²) in [6.45, 7) is 7.44. The second kappa shape index (κ2) is 10.5. The van der Waals surface area contributed by atoms with Gasteiger partial charge < -0.3 is 29.2 Å². The Hall–Kier alpha value is -1.77. The van der Waals surface area contributed by atoms with Crippen molar-refractivity contribution in [1.29, 1.82) is 0 Å². The predicted molar refractivity (Wildman–Crippen MR) is 97.6 cm³/mol. The Balaban J connectivity index is 2.00. The van der Waals surface area contributed by atoms with Gasteiger partial charge in [0.15, 0.2) is 12.4 Å². The number of carbonyl (C=O) groups is 1. The maximum Gasteiger partial charge on any atom is 0.308 e. The Kier molecular flexibility index (Phi) is 8.40. The van der Waals surface area contributed by atoms with Crippen LogP contribution in [0, 0.1) is 5.92 Å². The van der Waals surface area contributed by atoms with E-state index in [-0.39, 0.29) is 19.1 Å². The third-order valence-electron chi connectivity index (χ3n) is 4.16. The monoisotopic (exact) mass is 380 g/mol. The van der Waals surface area contributed by atoms with Crippen molar-refractivity contribution >= 4 is 5.97 Å². The van der Waals surface area contributed by atoms with E-state index in [0.717, 1.165) is 5.56 Å². The van der Waals surface area contributed by atoms with Gasteiger partial charge in [-0.05, 0) is 5.56 Å². The van der Waals surface area contributed by atoms with Gasteiger partial charge in [-0.1, -0.05) is 50.3 Å². The van der Waals surface area contributed by atoms with Crippen LogP contribution >= 0.6 is 0 Å². The fourth-order valence-electron chi connectivity index (χ4n) is 2.68. The molecular weight excluding hydrogens is 352 g/mol. The first-order chi connectivity index (χ1) is 12.9. The molecule has 0 unspecified atom stereocenters. The minimum Gasteiger partial charge on any atom is -0.454 e. The van der Waals surface area contributed by atoms with Crippen LogP contribution in [0.4, 0.5) is 0 Å². The molecule has 0 amide bonds. The van der Waals surface area contributed by atoms with Crippen LogP contribution in [0.5, 0.6) is 0 Å². The van der Waals surface area contributed by atoms with Crippen LogP contribution in [0.3, 0.4) is 0 Å². The molecule has 5 atom stereocenters. The second-order valence-electron chi connectivity index (χ2n) is 6.70. The molecule has 1 aromatic rings. The van der Waals surface area contributed by atoms with Crippen LogP contribution in [-0.4, -0.2) is 60.1 Å². The van der Waals surface area contributed by atoms with E-state index in [1.807, 2.05) is 30.3 Å². The van der Waals surface area contributed by atoms with Crippen molar-refractivity contribution in [3.05, 3.63) is 48.6 Å². The number of benzene rings is 1. The highest BCUT2D eigenvalue weighted by Crippen LogP contribution is 2.26. The van der Waals surface area contributed by atoms with Crippen LogP contribution in [0.2, 0.25) is 0 Å². The summed E-state index contributed by atoms with van der Waals surface area (Å²) in [5, 5.41) is 20.9. The van der Waals surface area contributed by atoms with Gasteiger partial charge in [0, 0.05) is 0 Å². The average Bonchev–Trinajstić information content (AvgIpc) is 2.65. The summed E-state index contributed by atoms with van der Waals surface area (Å²) in [6, 6.07) is 9.56. The highest BCUT2D eigenvalue weighted by Gasteiger charge is 2.47. The first kappa shape index (κ1) is 21.5. The van der Waals surface area contributed by atoms with Crippen molar-refractivity contribution in [2.45, 2.75) is 51.2 Å². The Morgan fingerprint density at radius 2 is 1.96 bits per heavy atom. The van der Waals surface area contributed by atoms with Crippen LogP contribution in [0.15, 0.2) is 43.0 Å². The van der Waals surface area contributed by atoms with Gasteiger partial charge in [-0.3, -0.25) is 4.79 Å². The van der Waals surface area contributed by atoms with Gasteiger partial charge in [-0.25, -0.2) is 0 Å². The molecule has 1 fully saturated rings. The lowest BCUT2D eigenvalue weighted by molar-refractivity contribution is -0.299. The number of esters is 1. The number of rotatable bonds is 9. The molecule has 1 saturated heterocycles. The van der Waals surface area contributed by atoms with Crippen molar-refractivity contribution in [3.8, 4) is 0 Å². The first-order valence-corrected chi connectivity index (χ1v) is 9.00. The summed E-state index contributed by atoms with van der Waals surface area (Å²) in [7, 11) is 0. The van der Waals surface area contributed by atoms with E-state index in [9.17, 15) is 15.0 Å². The molecule has 1 heterocycles. The Morgan fingerprint density at radius 1 is 1.26 bits per heavy atom. The highest BCUT2D eigenvalue weighted by atomic mass is 16.7. The second-order valence-corrected chi connectivity index (χ2v) is 6.70. The van der Waals surface area contributed by atoms with E-state index in [4.69, 9.17) is 18.9 Å². The molecule has 0 aromatic heterocycles. The largest absolute Gasteiger partial charge is 0.454 e. The van der Waals surface area contributed by atoms with Crippen molar-refractivity contribution < 1.29 is 34.0 Å². The standard InChI is InChI=1S/C20H28O7/c1-4-10-25-17-16(21)15(12-24-11-14-8-6-5-7-9-14)26-20(23)18(17)27-19(22)13(2)3/h4-9,13,15-18,20-21,23H,1,10-12H2,2-3H3/t15-,16+,17-,18-,20+/m0/s1. The van der Waals surface area contributed by atoms with Crippen molar-refractivity contribution in [2.75, 3.05) is 13.2 Å². The average molecular weight is 380 g/mol. The summed E-state index contributed by atoms with van der Waals surface area (Å²) in [6.07, 6.45) is -3.99. The number of carbonyl (C=O) groups excluding carboxylic acids is 1. The highest BCUT2D eigenvalue weighted by molar-refractivity contribution is 5.71. The third-order valence-corrected chi connectivity index (χ3v) is 4.16. The van der Waals surface area contributed by atoms with E-state index in [0.29, 0.717) is 6.61 Å². The minimum absolute atomic E-state index is 0.0475. The number of hydrogen-bond acceptors (Lipinski definition) is 7. The van der Waals surface area contributed by atoms with E-state index >= 15 is 0 Å². The van der Waals surface area contributed by atoms with E-state index in [2.05, 4.69) is 6.58 Å². The van der Waals surface area contributed by atoms with Crippen LogP contribution < -0.4 is 0 Å². The van der Waals surface area contributed by atoms with Gasteiger partial charge in [0.25, 0.3) is 0 Å². The van der Waals surface area contributed by atoms with Gasteiger partial charge in [0.2, 0.25) is 0 Å². The minimum atomic E-state index is -1.43. The zero-order valence-corrected chi connectivity index (χ0v) is 15.7. The molecule has 0 saturated carbocycles. The molecule has 150 valence electrons. The summed E-state index contributed by atoms with van der Waals surface area (Å²) in [5.74, 6) is -0.901. The fraction of sp³-hybridized carbons (Fsp3) is 0.550. The Labute approximate surface area is 159 Å². The predicted octanol–water partition coefficient (Wildman–Crippen LogP) is 1.42. The molecule has 2 N–H and O–H groups in total. The van der Waals surface area contributed by atoms with Crippen LogP contribution in [-0.2, 0) is 30.3 Å². The van der Waals surface area contributed by atoms with Gasteiger partial charge in [-0.2, -0.15) is 0 Å². The SMILES string of the molecule is C=CCO[C@H]1[C@H](O)[C@H](COCc2ccccc2)O[C@@H](O)[C@H]1OC(=O)C(C)C. The lowest BCUT2D eigenvalue weighted by Gasteiger charge is -2.42. The molecule has 27 heavy (non-hydrogen) atoms. The molecule has 0 spiro atoms. The topological polar surface area (TPSA) is 94.5 Å². The van der Waals surface area contributed by atoms with Gasteiger partial charge >= 0.3 is 5.97 Å². The fourth-order valence-corrected chi connectivity index (χ4v) is 2.68. The molecule has 1 aliphatic rings. The van der Waals surface area contributed by atoms with Crippen molar-refractivity contribution in [2.24, 2.45) is 5.92 Å². The molecule has 0 bridgehead atoms. The Morgan fingerprint density at radius 3 is 2.59 bits per heavy atom. The number of aliphatic hydroxyl groups excluding tert-OH is 2. The first-order valence-electron chi connectivity index (χ1n) is 9.00. The number of aliphatic hydroxyl groups is 2. The molecule has 0 radical (unpaired) electrons. The maximum atomic E-state index is 11.9. The molecule has 0 aliphatic carbocycles. The number of ether oxygens (including phenoxy) is 4.